The van der Waals surface area contributed by atoms with Crippen LogP contribution in [-0.2, 0) is 17.4 Å². The van der Waals surface area contributed by atoms with Gasteiger partial charge >= 0.3 is 6.18 Å². The molecule has 1 N–H and O–H groups in total. The van der Waals surface area contributed by atoms with E-state index in [0.29, 0.717) is 17.0 Å². The normalized spacial score (nSPS) is 11.1. The van der Waals surface area contributed by atoms with Crippen LogP contribution in [0.15, 0.2) is 42.5 Å². The summed E-state index contributed by atoms with van der Waals surface area (Å²) in [6.07, 6.45) is -4.49. The highest BCUT2D eigenvalue weighted by atomic mass is 19.4. The number of alkyl halides is 3. The Bertz CT molecular complexity index is 758. The van der Waals surface area contributed by atoms with Crippen LogP contribution in [0.3, 0.4) is 0 Å². The number of hydrogen-bond donors (Lipinski definition) is 1. The number of methoxy groups -OCH3 is 1. The molecule has 2 aromatic rings. The van der Waals surface area contributed by atoms with Crippen LogP contribution in [-0.4, -0.2) is 27.1 Å². The lowest BCUT2D eigenvalue weighted by Gasteiger charge is -2.20. The predicted molar refractivity (Wildman–Crippen MR) is 91.1 cm³/mol. The van der Waals surface area contributed by atoms with Crippen LogP contribution in [0.1, 0.15) is 11.1 Å². The molecule has 0 radical (unpaired) electrons. The maximum absolute atomic E-state index is 12.9. The molecular formula is C18H19F3N2O2. The Morgan fingerprint density at radius 3 is 2.44 bits per heavy atom. The Morgan fingerprint density at radius 1 is 1.16 bits per heavy atom. The van der Waals surface area contributed by atoms with Crippen LogP contribution in [0.25, 0.3) is 0 Å². The van der Waals surface area contributed by atoms with Crippen molar-refractivity contribution in [2.45, 2.75) is 12.6 Å². The highest BCUT2D eigenvalue weighted by Crippen LogP contribution is 2.35. The number of ether oxygens (including phenoxy) is 1. The van der Waals surface area contributed by atoms with Crippen LogP contribution >= 0.6 is 0 Å². The van der Waals surface area contributed by atoms with Crippen LogP contribution in [0.5, 0.6) is 5.75 Å². The first-order chi connectivity index (χ1) is 11.7. The van der Waals surface area contributed by atoms with Crippen molar-refractivity contribution in [1.29, 1.82) is 0 Å². The number of carbonyl (C=O) groups is 1. The smallest absolute Gasteiger partial charge is 0.416 e. The van der Waals surface area contributed by atoms with Crippen molar-refractivity contribution in [3.05, 3.63) is 53.6 Å². The molecule has 0 spiro atoms. The molecule has 0 aliphatic heterocycles. The largest absolute Gasteiger partial charge is 0.496 e. The maximum Gasteiger partial charge on any atom is 0.416 e. The fraction of sp³-hybridized carbons (Fsp3) is 0.278. The van der Waals surface area contributed by atoms with Gasteiger partial charge in [-0.15, -0.1) is 0 Å². The van der Waals surface area contributed by atoms with E-state index in [0.717, 1.165) is 12.1 Å². The van der Waals surface area contributed by atoms with Gasteiger partial charge in [-0.1, -0.05) is 18.2 Å². The number of nitrogens with one attached hydrogen (secondary N) is 1. The predicted octanol–water partition coefficient (Wildman–Crippen LogP) is 3.96. The van der Waals surface area contributed by atoms with Gasteiger partial charge in [0.2, 0.25) is 5.91 Å². The number of benzene rings is 2. The van der Waals surface area contributed by atoms with Crippen molar-refractivity contribution in [2.75, 3.05) is 31.4 Å². The maximum atomic E-state index is 12.9. The van der Waals surface area contributed by atoms with Crippen LogP contribution < -0.4 is 15.0 Å². The molecular weight excluding hydrogens is 333 g/mol. The van der Waals surface area contributed by atoms with Gasteiger partial charge in [-0.25, -0.2) is 0 Å². The minimum Gasteiger partial charge on any atom is -0.496 e. The summed E-state index contributed by atoms with van der Waals surface area (Å²) in [5, 5.41) is 2.57. The van der Waals surface area contributed by atoms with Crippen molar-refractivity contribution in [1.82, 2.24) is 0 Å². The van der Waals surface area contributed by atoms with E-state index in [2.05, 4.69) is 5.32 Å². The molecule has 25 heavy (non-hydrogen) atoms. The molecule has 0 fully saturated rings. The first kappa shape index (κ1) is 18.6. The fourth-order valence-electron chi connectivity index (χ4n) is 2.42. The van der Waals surface area contributed by atoms with Gasteiger partial charge in [-0.3, -0.25) is 4.79 Å². The van der Waals surface area contributed by atoms with Crippen molar-refractivity contribution in [3.8, 4) is 5.75 Å². The molecule has 0 saturated carbocycles. The number of rotatable bonds is 5. The second kappa shape index (κ2) is 7.46. The summed E-state index contributed by atoms with van der Waals surface area (Å²) in [7, 11) is 4.88. The molecule has 0 bridgehead atoms. The van der Waals surface area contributed by atoms with Crippen molar-refractivity contribution in [2.24, 2.45) is 0 Å². The molecule has 0 aliphatic carbocycles. The summed E-state index contributed by atoms with van der Waals surface area (Å²) >= 11 is 0. The van der Waals surface area contributed by atoms with E-state index in [4.69, 9.17) is 4.74 Å². The number of para-hydroxylation sites is 1. The minimum atomic E-state index is -4.48. The average molecular weight is 352 g/mol. The zero-order valence-electron chi connectivity index (χ0n) is 14.1. The molecule has 0 aliphatic rings. The molecule has 2 rings (SSSR count). The Balaban J connectivity index is 2.27. The van der Waals surface area contributed by atoms with Gasteiger partial charge in [-0.2, -0.15) is 13.2 Å². The van der Waals surface area contributed by atoms with Crippen LogP contribution in [0, 0.1) is 0 Å². The molecule has 7 heteroatoms. The lowest BCUT2D eigenvalue weighted by Crippen LogP contribution is -2.19. The number of halogens is 3. The van der Waals surface area contributed by atoms with Gasteiger partial charge in [0.05, 0.1) is 30.5 Å². The third-order valence-electron chi connectivity index (χ3n) is 3.62. The zero-order valence-corrected chi connectivity index (χ0v) is 14.1. The van der Waals surface area contributed by atoms with Crippen LogP contribution in [0.2, 0.25) is 0 Å². The molecule has 134 valence electrons. The van der Waals surface area contributed by atoms with E-state index in [1.165, 1.54) is 13.2 Å². The van der Waals surface area contributed by atoms with Gasteiger partial charge in [0.25, 0.3) is 0 Å². The summed E-state index contributed by atoms with van der Waals surface area (Å²) in [6, 6.07) is 10.3. The second-order valence-electron chi connectivity index (χ2n) is 5.66. The number of carbonyl (C=O) groups excluding carboxylic acids is 1. The molecule has 4 nitrogen and oxygen atoms in total. The van der Waals surface area contributed by atoms with Crippen molar-refractivity contribution >= 4 is 17.3 Å². The molecule has 0 heterocycles. The SMILES string of the molecule is COc1ccccc1CC(=O)Nc1cc(C(F)(F)F)ccc1N(C)C. The van der Waals surface area contributed by atoms with E-state index in [1.807, 2.05) is 0 Å². The second-order valence-corrected chi connectivity index (χ2v) is 5.66. The number of nitrogens with zero attached hydrogens (tertiary/aromatic N) is 1. The highest BCUT2D eigenvalue weighted by Gasteiger charge is 2.31. The lowest BCUT2D eigenvalue weighted by molar-refractivity contribution is -0.137. The average Bonchev–Trinajstić information content (AvgIpc) is 2.54. The number of hydrogen-bond acceptors (Lipinski definition) is 3. The quantitative estimate of drug-likeness (QED) is 0.886. The summed E-state index contributed by atoms with van der Waals surface area (Å²) in [4.78, 5) is 14.0. The van der Waals surface area contributed by atoms with Gasteiger partial charge < -0.3 is 15.0 Å². The lowest BCUT2D eigenvalue weighted by atomic mass is 10.1. The summed E-state index contributed by atoms with van der Waals surface area (Å²) in [5.74, 6) is 0.126. The molecule has 1 amide bonds. The third kappa shape index (κ3) is 4.65. The topological polar surface area (TPSA) is 41.6 Å². The number of anilines is 2. The highest BCUT2D eigenvalue weighted by molar-refractivity contribution is 5.96. The fourth-order valence-corrected chi connectivity index (χ4v) is 2.42. The summed E-state index contributed by atoms with van der Waals surface area (Å²) in [6.45, 7) is 0. The van der Waals surface area contributed by atoms with Crippen LogP contribution in [0.4, 0.5) is 24.5 Å². The van der Waals surface area contributed by atoms with Crippen molar-refractivity contribution in [3.63, 3.8) is 0 Å². The van der Waals surface area contributed by atoms with E-state index >= 15 is 0 Å². The Kier molecular flexibility index (Phi) is 5.56. The molecule has 0 aromatic heterocycles. The summed E-state index contributed by atoms with van der Waals surface area (Å²) < 4.78 is 44.0. The Morgan fingerprint density at radius 2 is 1.84 bits per heavy atom. The molecule has 2 aromatic carbocycles. The Labute approximate surface area is 144 Å². The van der Waals surface area contributed by atoms with Gasteiger partial charge in [-0.05, 0) is 24.3 Å². The molecule has 0 atom stereocenters. The Hall–Kier alpha value is -2.70. The number of amides is 1. The standard InChI is InChI=1S/C18H19F3N2O2/c1-23(2)15-9-8-13(18(19,20)21)11-14(15)22-17(24)10-12-6-4-5-7-16(12)25-3/h4-9,11H,10H2,1-3H3,(H,22,24). The minimum absolute atomic E-state index is 0.00682. The molecule has 0 unspecified atom stereocenters. The van der Waals surface area contributed by atoms with Gasteiger partial charge in [0.15, 0.2) is 0 Å². The third-order valence-corrected chi connectivity index (χ3v) is 3.62. The first-order valence-electron chi connectivity index (χ1n) is 7.52. The monoisotopic (exact) mass is 352 g/mol. The van der Waals surface area contributed by atoms with E-state index < -0.39 is 17.6 Å². The molecule has 0 saturated heterocycles. The van der Waals surface area contributed by atoms with Crippen molar-refractivity contribution < 1.29 is 22.7 Å². The van der Waals surface area contributed by atoms with E-state index in [9.17, 15) is 18.0 Å². The first-order valence-corrected chi connectivity index (χ1v) is 7.52. The summed E-state index contributed by atoms with van der Waals surface area (Å²) in [5.41, 5.74) is 0.438. The van der Waals surface area contributed by atoms with E-state index in [1.54, 1.807) is 43.3 Å². The zero-order chi connectivity index (χ0) is 18.6. The van der Waals surface area contributed by atoms with E-state index in [-0.39, 0.29) is 12.1 Å². The van der Waals surface area contributed by atoms with Gasteiger partial charge in [0, 0.05) is 19.7 Å². The van der Waals surface area contributed by atoms with Gasteiger partial charge in [0.1, 0.15) is 5.75 Å².